The Hall–Kier alpha value is -0.690. The molecule has 1 aliphatic carbocycles. The van der Waals surface area contributed by atoms with E-state index in [1.54, 1.807) is 0 Å². The first-order valence-electron chi connectivity index (χ1n) is 4.37. The lowest BCUT2D eigenvalue weighted by Crippen LogP contribution is -2.43. The number of carbonyl (C=O) groups is 1. The number of nitrogens with one attached hydrogen (secondary N) is 2. The molecule has 2 fully saturated rings. The average Bonchev–Trinajstić information content (AvgIpc) is 2.84. The van der Waals surface area contributed by atoms with Crippen molar-refractivity contribution in [1.82, 2.24) is 11.1 Å². The topological polar surface area (TPSA) is 85.6 Å². The second-order valence-electron chi connectivity index (χ2n) is 3.52. The molecule has 0 radical (unpaired) electrons. The van der Waals surface area contributed by atoms with Crippen LogP contribution in [0.3, 0.4) is 0 Å². The lowest BCUT2D eigenvalue weighted by molar-refractivity contribution is -0.130. The zero-order valence-corrected chi connectivity index (χ0v) is 7.21. The number of rotatable bonds is 4. The zero-order valence-electron chi connectivity index (χ0n) is 7.21. The smallest absolute Gasteiger partial charge is 0.217 e. The maximum atomic E-state index is 10.6. The molecule has 2 rings (SSSR count). The fourth-order valence-electron chi connectivity index (χ4n) is 1.55. The predicted molar refractivity (Wildman–Crippen MR) is 42.3 cm³/mol. The predicted octanol–water partition coefficient (Wildman–Crippen LogP) is -0.671. The van der Waals surface area contributed by atoms with Gasteiger partial charge in [-0.3, -0.25) is 9.63 Å². The minimum atomic E-state index is -0.547. The van der Waals surface area contributed by atoms with Gasteiger partial charge in [0.25, 0.3) is 0 Å². The summed E-state index contributed by atoms with van der Waals surface area (Å²) in [5, 5.41) is 0. The Bertz CT molecular complexity index is 211. The Kier molecular flexibility index (Phi) is 2.20. The number of carbonyl (C=O) groups excluding carboxylic acids is 1. The molecule has 1 aliphatic heterocycles. The fraction of sp³-hybridized carbons (Fsp3) is 0.857. The molecule has 1 saturated carbocycles. The Labute approximate surface area is 75.6 Å². The highest BCUT2D eigenvalue weighted by Crippen LogP contribution is 2.43. The number of hydroxylamine groups is 1. The zero-order chi connectivity index (χ0) is 9.31. The Morgan fingerprint density at radius 1 is 1.62 bits per heavy atom. The fourth-order valence-corrected chi connectivity index (χ4v) is 1.55. The number of nitrogens with two attached hydrogens (primary N) is 1. The van der Waals surface area contributed by atoms with Gasteiger partial charge in [0.05, 0.1) is 0 Å². The third kappa shape index (κ3) is 1.80. The van der Waals surface area contributed by atoms with Gasteiger partial charge in [-0.15, -0.1) is 5.48 Å². The van der Waals surface area contributed by atoms with Crippen LogP contribution in [0.1, 0.15) is 25.7 Å². The van der Waals surface area contributed by atoms with Gasteiger partial charge in [-0.25, -0.2) is 0 Å². The van der Waals surface area contributed by atoms with E-state index >= 15 is 0 Å². The second-order valence-corrected chi connectivity index (χ2v) is 3.52. The summed E-state index contributed by atoms with van der Waals surface area (Å²) in [4.78, 5) is 20.6. The number of hydrogen-bond acceptors (Lipinski definition) is 5. The average molecular weight is 187 g/mol. The van der Waals surface area contributed by atoms with Crippen molar-refractivity contribution in [2.75, 3.05) is 0 Å². The number of hydrogen-bond donors (Lipinski definition) is 3. The highest BCUT2D eigenvalue weighted by molar-refractivity contribution is 5.73. The molecule has 6 heteroatoms. The van der Waals surface area contributed by atoms with Gasteiger partial charge >= 0.3 is 0 Å². The minimum absolute atomic E-state index is 0.300. The Morgan fingerprint density at radius 3 is 2.85 bits per heavy atom. The molecule has 4 N–H and O–H groups in total. The first-order valence-corrected chi connectivity index (χ1v) is 4.37. The van der Waals surface area contributed by atoms with Gasteiger partial charge in [-0.1, -0.05) is 5.64 Å². The molecule has 1 heterocycles. The maximum absolute atomic E-state index is 10.6. The maximum Gasteiger partial charge on any atom is 0.217 e. The molecule has 0 aromatic carbocycles. The van der Waals surface area contributed by atoms with Crippen molar-refractivity contribution in [3.8, 4) is 0 Å². The molecule has 0 aromatic rings. The third-order valence-corrected chi connectivity index (χ3v) is 2.47. The van der Waals surface area contributed by atoms with Crippen molar-refractivity contribution in [3.63, 3.8) is 0 Å². The Balaban J connectivity index is 1.92. The summed E-state index contributed by atoms with van der Waals surface area (Å²) < 4.78 is 0. The summed E-state index contributed by atoms with van der Waals surface area (Å²) in [7, 11) is 0. The van der Waals surface area contributed by atoms with E-state index in [1.165, 1.54) is 0 Å². The lowest BCUT2D eigenvalue weighted by Gasteiger charge is -2.23. The van der Waals surface area contributed by atoms with Gasteiger partial charge in [0.2, 0.25) is 5.91 Å². The number of amides is 1. The monoisotopic (exact) mass is 187 g/mol. The van der Waals surface area contributed by atoms with Crippen LogP contribution in [0.25, 0.3) is 0 Å². The molecular formula is C7H13N3O3. The molecule has 13 heavy (non-hydrogen) atoms. The van der Waals surface area contributed by atoms with E-state index in [0.717, 1.165) is 12.8 Å². The van der Waals surface area contributed by atoms with Gasteiger partial charge in [0.15, 0.2) is 5.72 Å². The molecule has 0 unspecified atom stereocenters. The number of primary amides is 1. The first kappa shape index (κ1) is 8.89. The van der Waals surface area contributed by atoms with Gasteiger partial charge < -0.3 is 5.73 Å². The van der Waals surface area contributed by atoms with Crippen LogP contribution in [-0.2, 0) is 14.6 Å². The van der Waals surface area contributed by atoms with Crippen molar-refractivity contribution < 1.29 is 14.6 Å². The second kappa shape index (κ2) is 3.22. The van der Waals surface area contributed by atoms with Crippen molar-refractivity contribution >= 4 is 5.91 Å². The molecule has 1 atom stereocenters. The first-order chi connectivity index (χ1) is 6.23. The van der Waals surface area contributed by atoms with E-state index in [2.05, 4.69) is 11.1 Å². The standard InChI is InChI=1S/C7H13N3O3/c8-6(11)3-4-7(5-1-2-5)9-13-10-12-7/h5,9-10H,1-4H2,(H2,8,11)/t7-/m0/s1. The van der Waals surface area contributed by atoms with Crippen LogP contribution >= 0.6 is 0 Å². The molecule has 6 nitrogen and oxygen atoms in total. The van der Waals surface area contributed by atoms with Crippen LogP contribution in [0, 0.1) is 5.92 Å². The quantitative estimate of drug-likeness (QED) is 0.543. The molecule has 74 valence electrons. The highest BCUT2D eigenvalue weighted by Gasteiger charge is 2.50. The van der Waals surface area contributed by atoms with Crippen LogP contribution in [0.5, 0.6) is 0 Å². The minimum Gasteiger partial charge on any atom is -0.370 e. The van der Waals surface area contributed by atoms with Gasteiger partial charge in [-0.2, -0.15) is 4.94 Å². The van der Waals surface area contributed by atoms with Gasteiger partial charge in [-0.05, 0) is 12.8 Å². The summed E-state index contributed by atoms with van der Waals surface area (Å²) in [5.74, 6) is 0.0965. The van der Waals surface area contributed by atoms with Crippen molar-refractivity contribution in [1.29, 1.82) is 0 Å². The normalized spacial score (nSPS) is 33.5. The summed E-state index contributed by atoms with van der Waals surface area (Å²) in [6.45, 7) is 0. The lowest BCUT2D eigenvalue weighted by atomic mass is 10.0. The largest absolute Gasteiger partial charge is 0.370 e. The molecule has 2 aliphatic rings. The van der Waals surface area contributed by atoms with Crippen molar-refractivity contribution in [3.05, 3.63) is 0 Å². The summed E-state index contributed by atoms with van der Waals surface area (Å²) in [5.41, 5.74) is 9.56. The van der Waals surface area contributed by atoms with E-state index in [4.69, 9.17) is 15.5 Å². The summed E-state index contributed by atoms with van der Waals surface area (Å²) in [6.07, 6.45) is 3.03. The molecule has 0 bridgehead atoms. The van der Waals surface area contributed by atoms with E-state index in [-0.39, 0.29) is 5.91 Å². The molecule has 1 amide bonds. The van der Waals surface area contributed by atoms with Crippen LogP contribution in [0.4, 0.5) is 0 Å². The van der Waals surface area contributed by atoms with Gasteiger partial charge in [0, 0.05) is 18.8 Å². The molecule has 0 aromatic heterocycles. The van der Waals surface area contributed by atoms with Crippen molar-refractivity contribution in [2.45, 2.75) is 31.4 Å². The molecule has 1 saturated heterocycles. The van der Waals surface area contributed by atoms with E-state index in [1.807, 2.05) is 0 Å². The van der Waals surface area contributed by atoms with Gasteiger partial charge in [0.1, 0.15) is 0 Å². The highest BCUT2D eigenvalue weighted by atomic mass is 17.0. The van der Waals surface area contributed by atoms with E-state index in [9.17, 15) is 4.79 Å². The van der Waals surface area contributed by atoms with Crippen LogP contribution in [0.15, 0.2) is 0 Å². The van der Waals surface area contributed by atoms with Crippen LogP contribution < -0.4 is 16.9 Å². The Morgan fingerprint density at radius 2 is 2.38 bits per heavy atom. The summed E-state index contributed by atoms with van der Waals surface area (Å²) in [6, 6.07) is 0. The summed E-state index contributed by atoms with van der Waals surface area (Å²) >= 11 is 0. The SMILES string of the molecule is NC(=O)CC[C@]1(C2CC2)NONO1. The van der Waals surface area contributed by atoms with E-state index < -0.39 is 5.72 Å². The third-order valence-electron chi connectivity index (χ3n) is 2.47. The van der Waals surface area contributed by atoms with Crippen LogP contribution in [-0.4, -0.2) is 11.6 Å². The van der Waals surface area contributed by atoms with E-state index in [0.29, 0.717) is 18.8 Å². The molecular weight excluding hydrogens is 174 g/mol. The van der Waals surface area contributed by atoms with Crippen LogP contribution in [0.2, 0.25) is 0 Å². The molecule has 0 spiro atoms. The van der Waals surface area contributed by atoms with Crippen molar-refractivity contribution in [2.24, 2.45) is 11.7 Å².